The summed E-state index contributed by atoms with van der Waals surface area (Å²) in [5, 5.41) is 5.83. The van der Waals surface area contributed by atoms with E-state index in [9.17, 15) is 18.4 Å². The Balaban J connectivity index is 1.45. The van der Waals surface area contributed by atoms with Gasteiger partial charge in [0.25, 0.3) is 0 Å². The third kappa shape index (κ3) is 4.58. The van der Waals surface area contributed by atoms with Gasteiger partial charge in [-0.2, -0.15) is 0 Å². The standard InChI is InChI=1S/C19H17ClF2N2O2/c20-12-3-1-2-11(8-12)6-7-23-18(25)14-10-15(14)19(26)24-17-5-4-13(21)9-16(17)22/h1-5,8-9,14-15H,6-7,10H2,(H,23,25)(H,24,26). The number of nitrogens with one attached hydrogen (secondary N) is 2. The van der Waals surface area contributed by atoms with Gasteiger partial charge in [-0.25, -0.2) is 8.78 Å². The number of benzene rings is 2. The maximum absolute atomic E-state index is 13.6. The molecule has 0 radical (unpaired) electrons. The normalized spacial score (nSPS) is 18.3. The zero-order valence-corrected chi connectivity index (χ0v) is 14.5. The first kappa shape index (κ1) is 18.3. The molecule has 0 bridgehead atoms. The van der Waals surface area contributed by atoms with E-state index >= 15 is 0 Å². The Labute approximate surface area is 154 Å². The number of hydrogen-bond donors (Lipinski definition) is 2. The first-order valence-corrected chi connectivity index (χ1v) is 8.60. The van der Waals surface area contributed by atoms with E-state index in [1.54, 1.807) is 6.07 Å². The van der Waals surface area contributed by atoms with Crippen molar-refractivity contribution in [3.63, 3.8) is 0 Å². The lowest BCUT2D eigenvalue weighted by molar-refractivity contribution is -0.125. The topological polar surface area (TPSA) is 58.2 Å². The SMILES string of the molecule is O=C(NCCc1cccc(Cl)c1)C1CC1C(=O)Nc1ccc(F)cc1F. The fraction of sp³-hybridized carbons (Fsp3) is 0.263. The van der Waals surface area contributed by atoms with E-state index in [1.807, 2.05) is 18.2 Å². The Hall–Kier alpha value is -2.47. The van der Waals surface area contributed by atoms with Crippen molar-refractivity contribution in [3.05, 3.63) is 64.7 Å². The van der Waals surface area contributed by atoms with Gasteiger partial charge >= 0.3 is 0 Å². The van der Waals surface area contributed by atoms with Crippen LogP contribution in [0.25, 0.3) is 0 Å². The van der Waals surface area contributed by atoms with Crippen LogP contribution < -0.4 is 10.6 Å². The van der Waals surface area contributed by atoms with Crippen LogP contribution in [0.3, 0.4) is 0 Å². The molecule has 1 saturated carbocycles. The molecule has 2 amide bonds. The molecule has 136 valence electrons. The van der Waals surface area contributed by atoms with Crippen molar-refractivity contribution >= 4 is 29.1 Å². The largest absolute Gasteiger partial charge is 0.356 e. The fourth-order valence-corrected chi connectivity index (χ4v) is 2.96. The smallest absolute Gasteiger partial charge is 0.228 e. The minimum Gasteiger partial charge on any atom is -0.356 e. The van der Waals surface area contributed by atoms with E-state index in [-0.39, 0.29) is 11.6 Å². The Kier molecular flexibility index (Phi) is 5.52. The second kappa shape index (κ2) is 7.83. The molecule has 0 aliphatic heterocycles. The summed E-state index contributed by atoms with van der Waals surface area (Å²) < 4.78 is 26.4. The molecule has 3 rings (SSSR count). The van der Waals surface area contributed by atoms with Gasteiger partial charge in [0.1, 0.15) is 11.6 Å². The summed E-state index contributed by atoms with van der Waals surface area (Å²) in [7, 11) is 0. The zero-order valence-electron chi connectivity index (χ0n) is 13.8. The minimum atomic E-state index is -0.846. The van der Waals surface area contributed by atoms with Crippen molar-refractivity contribution in [3.8, 4) is 0 Å². The molecule has 1 fully saturated rings. The molecule has 7 heteroatoms. The molecular weight excluding hydrogens is 362 g/mol. The lowest BCUT2D eigenvalue weighted by atomic mass is 10.1. The number of hydrogen-bond acceptors (Lipinski definition) is 2. The Morgan fingerprint density at radius 2 is 1.85 bits per heavy atom. The predicted octanol–water partition coefficient (Wildman–Crippen LogP) is 3.55. The van der Waals surface area contributed by atoms with Gasteiger partial charge in [-0.05, 0) is 42.7 Å². The van der Waals surface area contributed by atoms with E-state index in [0.29, 0.717) is 30.5 Å². The molecule has 0 saturated heterocycles. The second-order valence-corrected chi connectivity index (χ2v) is 6.67. The Morgan fingerprint density at radius 1 is 1.08 bits per heavy atom. The highest BCUT2D eigenvalue weighted by Gasteiger charge is 2.48. The van der Waals surface area contributed by atoms with E-state index in [0.717, 1.165) is 17.7 Å². The molecular formula is C19H17ClF2N2O2. The van der Waals surface area contributed by atoms with Crippen LogP contribution in [-0.4, -0.2) is 18.4 Å². The molecule has 2 N–H and O–H groups in total. The van der Waals surface area contributed by atoms with Crippen LogP contribution in [0.15, 0.2) is 42.5 Å². The second-order valence-electron chi connectivity index (χ2n) is 6.23. The van der Waals surface area contributed by atoms with Crippen LogP contribution >= 0.6 is 11.6 Å². The molecule has 2 aromatic rings. The van der Waals surface area contributed by atoms with Crippen LogP contribution in [0, 0.1) is 23.5 Å². The summed E-state index contributed by atoms with van der Waals surface area (Å²) in [6.45, 7) is 0.441. The molecule has 2 atom stereocenters. The van der Waals surface area contributed by atoms with Gasteiger partial charge in [-0.1, -0.05) is 23.7 Å². The molecule has 1 aliphatic carbocycles. The first-order chi connectivity index (χ1) is 12.4. The molecule has 2 unspecified atom stereocenters. The minimum absolute atomic E-state index is 0.0941. The quantitative estimate of drug-likeness (QED) is 0.807. The number of amides is 2. The van der Waals surface area contributed by atoms with Crippen molar-refractivity contribution in [2.24, 2.45) is 11.8 Å². The average Bonchev–Trinajstić information content (AvgIpc) is 3.38. The van der Waals surface area contributed by atoms with Gasteiger partial charge < -0.3 is 10.6 Å². The number of carbonyl (C=O) groups excluding carboxylic acids is 2. The van der Waals surface area contributed by atoms with E-state index in [2.05, 4.69) is 10.6 Å². The number of anilines is 1. The summed E-state index contributed by atoms with van der Waals surface area (Å²) in [5.41, 5.74) is 0.915. The van der Waals surface area contributed by atoms with Crippen LogP contribution in [0.2, 0.25) is 5.02 Å². The molecule has 1 aliphatic rings. The monoisotopic (exact) mass is 378 g/mol. The van der Waals surface area contributed by atoms with Crippen LogP contribution in [0.1, 0.15) is 12.0 Å². The van der Waals surface area contributed by atoms with Crippen LogP contribution in [0.4, 0.5) is 14.5 Å². The fourth-order valence-electron chi connectivity index (χ4n) is 2.74. The van der Waals surface area contributed by atoms with Gasteiger partial charge in [-0.15, -0.1) is 0 Å². The molecule has 4 nitrogen and oxygen atoms in total. The van der Waals surface area contributed by atoms with Gasteiger partial charge in [0.15, 0.2) is 0 Å². The van der Waals surface area contributed by atoms with Crippen molar-refractivity contribution in [2.45, 2.75) is 12.8 Å². The molecule has 0 spiro atoms. The lowest BCUT2D eigenvalue weighted by Gasteiger charge is -2.07. The van der Waals surface area contributed by atoms with Gasteiger partial charge in [0.2, 0.25) is 11.8 Å². The Bertz CT molecular complexity index is 844. The van der Waals surface area contributed by atoms with Crippen LogP contribution in [0.5, 0.6) is 0 Å². The first-order valence-electron chi connectivity index (χ1n) is 8.22. The Morgan fingerprint density at radius 3 is 2.58 bits per heavy atom. The summed E-state index contributed by atoms with van der Waals surface area (Å²) in [4.78, 5) is 24.2. The maximum atomic E-state index is 13.6. The predicted molar refractivity (Wildman–Crippen MR) is 94.8 cm³/mol. The maximum Gasteiger partial charge on any atom is 0.228 e. The zero-order chi connectivity index (χ0) is 18.7. The number of carbonyl (C=O) groups is 2. The third-order valence-electron chi connectivity index (χ3n) is 4.25. The third-order valence-corrected chi connectivity index (χ3v) is 4.49. The average molecular weight is 379 g/mol. The number of halogens is 3. The highest BCUT2D eigenvalue weighted by molar-refractivity contribution is 6.30. The van der Waals surface area contributed by atoms with E-state index < -0.39 is 29.4 Å². The molecule has 2 aromatic carbocycles. The number of rotatable bonds is 6. The van der Waals surface area contributed by atoms with Gasteiger partial charge in [-0.3, -0.25) is 9.59 Å². The van der Waals surface area contributed by atoms with Gasteiger partial charge in [0, 0.05) is 17.6 Å². The van der Waals surface area contributed by atoms with Crippen molar-refractivity contribution < 1.29 is 18.4 Å². The highest BCUT2D eigenvalue weighted by Crippen LogP contribution is 2.39. The molecule has 26 heavy (non-hydrogen) atoms. The van der Waals surface area contributed by atoms with Gasteiger partial charge in [0.05, 0.1) is 17.5 Å². The highest BCUT2D eigenvalue weighted by atomic mass is 35.5. The summed E-state index contributed by atoms with van der Waals surface area (Å²) >= 11 is 5.91. The summed E-state index contributed by atoms with van der Waals surface area (Å²) in [6.07, 6.45) is 1.05. The van der Waals surface area contributed by atoms with Crippen LogP contribution in [-0.2, 0) is 16.0 Å². The van der Waals surface area contributed by atoms with Crippen molar-refractivity contribution in [1.29, 1.82) is 0 Å². The lowest BCUT2D eigenvalue weighted by Crippen LogP contribution is -2.29. The van der Waals surface area contributed by atoms with E-state index in [4.69, 9.17) is 11.6 Å². The molecule has 0 aromatic heterocycles. The molecule has 0 heterocycles. The van der Waals surface area contributed by atoms with Crippen molar-refractivity contribution in [1.82, 2.24) is 5.32 Å². The van der Waals surface area contributed by atoms with E-state index in [1.165, 1.54) is 0 Å². The summed E-state index contributed by atoms with van der Waals surface area (Å²) in [5.74, 6) is -3.12. The van der Waals surface area contributed by atoms with Crippen molar-refractivity contribution in [2.75, 3.05) is 11.9 Å². The summed E-state index contributed by atoms with van der Waals surface area (Å²) in [6, 6.07) is 10.3.